The van der Waals surface area contributed by atoms with Crippen molar-refractivity contribution in [2.45, 2.75) is 132 Å². The summed E-state index contributed by atoms with van der Waals surface area (Å²) in [4.78, 5) is 53.8. The highest BCUT2D eigenvalue weighted by Gasteiger charge is 2.70. The van der Waals surface area contributed by atoms with E-state index >= 15 is 4.79 Å². The lowest BCUT2D eigenvalue weighted by atomic mass is 9.33. The van der Waals surface area contributed by atoms with Crippen molar-refractivity contribution in [3.63, 3.8) is 0 Å². The average Bonchev–Trinajstić information content (AvgIpc) is 3.53. The highest BCUT2D eigenvalue weighted by molar-refractivity contribution is 5.95. The highest BCUT2D eigenvalue weighted by atomic mass is 16.6. The van der Waals surface area contributed by atoms with E-state index in [0.717, 1.165) is 62.5 Å². The zero-order valence-corrected chi connectivity index (χ0v) is 36.2. The van der Waals surface area contributed by atoms with Gasteiger partial charge in [0.15, 0.2) is 30.0 Å². The number of esters is 2. The summed E-state index contributed by atoms with van der Waals surface area (Å²) in [5.41, 5.74) is 1.45. The Labute approximate surface area is 348 Å². The zero-order valence-electron chi connectivity index (χ0n) is 36.2. The first-order valence-corrected chi connectivity index (χ1v) is 21.8. The van der Waals surface area contributed by atoms with Gasteiger partial charge in [-0.3, -0.25) is 9.59 Å². The Kier molecular flexibility index (Phi) is 10.4. The Morgan fingerprint density at radius 3 is 2.07 bits per heavy atom. The molecule has 0 unspecified atom stereocenters. The van der Waals surface area contributed by atoms with Crippen molar-refractivity contribution >= 4 is 17.7 Å². The maximum Gasteiger partial charge on any atom is 0.519 e. The Morgan fingerprint density at radius 2 is 1.44 bits per heavy atom. The van der Waals surface area contributed by atoms with Gasteiger partial charge in [-0.15, -0.1) is 0 Å². The number of rotatable bonds is 9. The fourth-order valence-electron chi connectivity index (χ4n) is 13.3. The zero-order chi connectivity index (χ0) is 42.2. The number of allylic oxidation sites excluding steroid dienone is 2. The van der Waals surface area contributed by atoms with Crippen LogP contribution in [-0.2, 0) is 35.2 Å². The van der Waals surface area contributed by atoms with Crippen molar-refractivity contribution < 1.29 is 37.4 Å². The van der Waals surface area contributed by atoms with E-state index in [0.29, 0.717) is 6.42 Å². The van der Waals surface area contributed by atoms with Crippen LogP contribution in [0.2, 0.25) is 0 Å². The molecule has 5 aliphatic rings. The summed E-state index contributed by atoms with van der Waals surface area (Å²) < 4.78 is 28.1. The molecule has 9 heteroatoms. The van der Waals surface area contributed by atoms with Crippen molar-refractivity contribution in [1.82, 2.24) is 0 Å². The van der Waals surface area contributed by atoms with E-state index in [2.05, 4.69) is 54.5 Å². The first-order valence-electron chi connectivity index (χ1n) is 21.8. The molecule has 0 bridgehead atoms. The molecule has 0 spiro atoms. The summed E-state index contributed by atoms with van der Waals surface area (Å²) in [6.07, 6.45) is 9.22. The van der Waals surface area contributed by atoms with Crippen LogP contribution in [0.25, 0.3) is 0 Å². The number of ether oxygens (including phenoxy) is 3. The molecule has 0 amide bonds. The summed E-state index contributed by atoms with van der Waals surface area (Å²) in [6, 6.07) is 20.0. The van der Waals surface area contributed by atoms with Crippen molar-refractivity contribution in [2.75, 3.05) is 6.61 Å². The maximum absolute atomic E-state index is 15.1. The van der Waals surface area contributed by atoms with E-state index < -0.39 is 23.3 Å². The number of hydrogen-bond acceptors (Lipinski definition) is 9. The lowest BCUT2D eigenvalue weighted by molar-refractivity contribution is -0.211. The van der Waals surface area contributed by atoms with E-state index in [-0.39, 0.29) is 87.4 Å². The van der Waals surface area contributed by atoms with Crippen LogP contribution in [-0.4, -0.2) is 30.4 Å². The van der Waals surface area contributed by atoms with Crippen molar-refractivity contribution in [2.24, 2.45) is 50.2 Å². The van der Waals surface area contributed by atoms with Crippen LogP contribution < -0.4 is 5.82 Å². The molecule has 0 saturated heterocycles. The summed E-state index contributed by atoms with van der Waals surface area (Å²) in [5.74, 6) is -0.677. The van der Waals surface area contributed by atoms with Gasteiger partial charge in [-0.1, -0.05) is 108 Å². The van der Waals surface area contributed by atoms with E-state index in [1.54, 1.807) is 6.92 Å². The minimum Gasteiger partial charge on any atom is -0.456 e. The molecule has 8 rings (SSSR count). The largest absolute Gasteiger partial charge is 0.519 e. The van der Waals surface area contributed by atoms with Gasteiger partial charge in [-0.25, -0.2) is 9.59 Å². The van der Waals surface area contributed by atoms with Crippen LogP contribution in [0.3, 0.4) is 0 Å². The normalized spacial score (nSPS) is 36.0. The number of carbonyl (C=O) groups excluding carboxylic acids is 3. The number of fused-ring (bicyclic) bond motifs is 7. The Morgan fingerprint density at radius 1 is 0.797 bits per heavy atom. The molecular weight excluding hydrogens is 745 g/mol. The van der Waals surface area contributed by atoms with Gasteiger partial charge in [0.25, 0.3) is 0 Å². The van der Waals surface area contributed by atoms with Gasteiger partial charge in [-0.05, 0) is 128 Å². The van der Waals surface area contributed by atoms with Gasteiger partial charge >= 0.3 is 17.8 Å². The third-order valence-corrected chi connectivity index (χ3v) is 17.0. The minimum absolute atomic E-state index is 0.00236. The van der Waals surface area contributed by atoms with Crippen molar-refractivity contribution in [1.29, 1.82) is 0 Å². The Hall–Kier alpha value is -4.24. The van der Waals surface area contributed by atoms with Crippen LogP contribution >= 0.6 is 0 Å². The molecule has 59 heavy (non-hydrogen) atoms. The van der Waals surface area contributed by atoms with E-state index in [9.17, 15) is 14.4 Å². The first kappa shape index (κ1) is 41.5. The number of benzene rings is 2. The fourth-order valence-corrected chi connectivity index (χ4v) is 13.3. The number of aryl methyl sites for hydroxylation is 1. The summed E-state index contributed by atoms with van der Waals surface area (Å²) in [7, 11) is 0. The molecule has 0 radical (unpaired) electrons. The predicted octanol–water partition coefficient (Wildman–Crippen LogP) is 10.3. The molecule has 9 atom stereocenters. The Balaban J connectivity index is 1.02. The minimum atomic E-state index is -0.828. The summed E-state index contributed by atoms with van der Waals surface area (Å²) in [6.45, 7) is 17.3. The second-order valence-electron chi connectivity index (χ2n) is 20.6. The van der Waals surface area contributed by atoms with Gasteiger partial charge < -0.3 is 23.0 Å². The average molecular weight is 807 g/mol. The number of ketones is 1. The number of hydrogen-bond donors (Lipinski definition) is 0. The highest BCUT2D eigenvalue weighted by Crippen LogP contribution is 2.75. The lowest BCUT2D eigenvalue weighted by Crippen LogP contribution is -2.66. The second-order valence-corrected chi connectivity index (χ2v) is 20.6. The van der Waals surface area contributed by atoms with Gasteiger partial charge in [0, 0.05) is 5.92 Å². The predicted molar refractivity (Wildman–Crippen MR) is 222 cm³/mol. The molecule has 316 valence electrons. The van der Waals surface area contributed by atoms with E-state index in [1.165, 1.54) is 5.57 Å². The topological polar surface area (TPSA) is 122 Å². The van der Waals surface area contributed by atoms with Crippen LogP contribution in [0.1, 0.15) is 135 Å². The molecule has 3 aromatic rings. The maximum atomic E-state index is 15.1. The Bertz CT molecular complexity index is 2140. The monoisotopic (exact) mass is 806 g/mol. The summed E-state index contributed by atoms with van der Waals surface area (Å²) in [5, 5.41) is 0. The second kappa shape index (κ2) is 14.7. The molecule has 2 aromatic carbocycles. The molecule has 1 aromatic heterocycles. The van der Waals surface area contributed by atoms with Crippen LogP contribution in [0.4, 0.5) is 0 Å². The van der Waals surface area contributed by atoms with Gasteiger partial charge in [0.05, 0.1) is 11.5 Å². The van der Waals surface area contributed by atoms with Crippen LogP contribution in [0.15, 0.2) is 85.9 Å². The molecular formula is C50H62O9. The third-order valence-electron chi connectivity index (χ3n) is 17.0. The van der Waals surface area contributed by atoms with Gasteiger partial charge in [0.2, 0.25) is 0 Å². The van der Waals surface area contributed by atoms with E-state index in [1.807, 2.05) is 60.7 Å². The first-order chi connectivity index (χ1) is 27.8. The van der Waals surface area contributed by atoms with Gasteiger partial charge in [0.1, 0.15) is 6.61 Å². The molecule has 4 saturated carbocycles. The lowest BCUT2D eigenvalue weighted by Gasteiger charge is -2.70. The van der Waals surface area contributed by atoms with Crippen molar-refractivity contribution in [3.05, 3.63) is 106 Å². The van der Waals surface area contributed by atoms with E-state index in [4.69, 9.17) is 23.0 Å². The van der Waals surface area contributed by atoms with Crippen LogP contribution in [0, 0.1) is 57.2 Å². The molecule has 0 aliphatic heterocycles. The quantitative estimate of drug-likeness (QED) is 0.195. The summed E-state index contributed by atoms with van der Waals surface area (Å²) >= 11 is 0. The smallest absolute Gasteiger partial charge is 0.456 e. The molecule has 4 fully saturated rings. The van der Waals surface area contributed by atoms with Crippen molar-refractivity contribution in [3.8, 4) is 0 Å². The fraction of sp³-hybridized carbons (Fsp3) is 0.600. The standard InChI is InChI=1S/C50H62O9/c1-31-37(58-44(54)57-31)29-56-40(52)30-55-39-20-21-48(6)38(45(39,2)3)19-22-50(8)42(48)36(51)27-34-35-28-47(5,24-23-46(35,4)25-26-49(34,50)7)43(53)59-41(32-15-11-9-12-16-32)33-17-13-10-14-18-33/h9-18,27,35,38-39,41-42H,19-26,28-30H2,1-8H3/t35-,38-,39-,42+,46+,47-,48-,49+,50+/m0/s1. The molecule has 5 aliphatic carbocycles. The van der Waals surface area contributed by atoms with Gasteiger partial charge in [-0.2, -0.15) is 0 Å². The molecule has 0 N–H and O–H groups in total. The SMILES string of the molecule is Cc1oc(=O)oc1COC(=O)CO[C@H]1CC[C@]2(C)[C@H]3C(=O)C=C4[C@@H]5C[C@@](C)(C(=O)OC(c6ccccc6)c6ccccc6)CC[C@]5(C)CC[C@@]4(C)[C@]3(C)CC[C@H]2C1(C)C. The third kappa shape index (κ3) is 6.78. The number of carbonyl (C=O) groups is 3. The molecule has 1 heterocycles. The van der Waals surface area contributed by atoms with Crippen LogP contribution in [0.5, 0.6) is 0 Å². The molecule has 9 nitrogen and oxygen atoms in total.